The van der Waals surface area contributed by atoms with E-state index in [-0.39, 0.29) is 17.3 Å². The minimum absolute atomic E-state index is 0.0161. The Morgan fingerprint density at radius 3 is 2.27 bits per heavy atom. The number of amides is 1. The van der Waals surface area contributed by atoms with E-state index in [4.69, 9.17) is 5.73 Å². The zero-order chi connectivity index (χ0) is 16.1. The summed E-state index contributed by atoms with van der Waals surface area (Å²) in [7, 11) is -1.33. The molecule has 0 unspecified atom stereocenters. The predicted molar refractivity (Wildman–Crippen MR) is 87.8 cm³/mol. The Bertz CT molecular complexity index is 723. The molecule has 0 aromatic heterocycles. The molecule has 2 aromatic rings. The lowest BCUT2D eigenvalue weighted by Crippen LogP contribution is -2.20. The zero-order valence-electron chi connectivity index (χ0n) is 12.2. The average molecular weight is 315 g/mol. The summed E-state index contributed by atoms with van der Waals surface area (Å²) in [5.41, 5.74) is 8.50. The largest absolute Gasteiger partial charge is 0.369 e. The second-order valence-electron chi connectivity index (χ2n) is 4.99. The van der Waals surface area contributed by atoms with Gasteiger partial charge in [-0.3, -0.25) is 13.8 Å². The van der Waals surface area contributed by atoms with Crippen molar-refractivity contribution >= 4 is 22.5 Å². The van der Waals surface area contributed by atoms with Crippen LogP contribution in [-0.2, 0) is 21.3 Å². The van der Waals surface area contributed by atoms with E-state index < -0.39 is 16.7 Å². The van der Waals surface area contributed by atoms with Crippen LogP contribution in [0.1, 0.15) is 22.8 Å². The number of carbonyl (C=O) groups excluding carboxylic acids is 2. The third kappa shape index (κ3) is 4.11. The van der Waals surface area contributed by atoms with Crippen molar-refractivity contribution in [3.8, 4) is 11.1 Å². The highest BCUT2D eigenvalue weighted by molar-refractivity contribution is 7.84. The number of hydrogen-bond donors (Lipinski definition) is 1. The minimum Gasteiger partial charge on any atom is -0.369 e. The first kappa shape index (κ1) is 16.1. The van der Waals surface area contributed by atoms with Crippen molar-refractivity contribution in [3.05, 3.63) is 59.7 Å². The molecule has 0 aliphatic heterocycles. The first-order valence-electron chi connectivity index (χ1n) is 6.80. The van der Waals surface area contributed by atoms with Gasteiger partial charge in [-0.25, -0.2) is 0 Å². The summed E-state index contributed by atoms with van der Waals surface area (Å²) in [5, 5.41) is 0. The molecule has 4 nitrogen and oxygen atoms in total. The Morgan fingerprint density at radius 2 is 1.68 bits per heavy atom. The van der Waals surface area contributed by atoms with Crippen LogP contribution in [0.25, 0.3) is 11.1 Å². The van der Waals surface area contributed by atoms with Crippen molar-refractivity contribution in [1.29, 1.82) is 0 Å². The number of benzene rings is 2. The second-order valence-corrected chi connectivity index (χ2v) is 6.44. The van der Waals surface area contributed by atoms with Crippen molar-refractivity contribution in [2.45, 2.75) is 12.7 Å². The molecular formula is C17H17NO3S. The SMILES string of the molecule is CC(=O)c1ccc(-c2ccccc2C[S@@](=O)CC(N)=O)cc1. The molecule has 2 aromatic carbocycles. The van der Waals surface area contributed by atoms with Gasteiger partial charge in [-0.2, -0.15) is 0 Å². The maximum Gasteiger partial charge on any atom is 0.230 e. The van der Waals surface area contributed by atoms with Crippen LogP contribution in [0.4, 0.5) is 0 Å². The van der Waals surface area contributed by atoms with Gasteiger partial charge >= 0.3 is 0 Å². The van der Waals surface area contributed by atoms with Crippen molar-refractivity contribution in [2.75, 3.05) is 5.75 Å². The molecular weight excluding hydrogens is 298 g/mol. The summed E-state index contributed by atoms with van der Waals surface area (Å²) in [5.74, 6) is -0.422. The highest BCUT2D eigenvalue weighted by Gasteiger charge is 2.10. The summed E-state index contributed by atoms with van der Waals surface area (Å²) in [6, 6.07) is 14.9. The molecule has 0 saturated heterocycles. The lowest BCUT2D eigenvalue weighted by atomic mass is 9.99. The number of Topliss-reactive ketones (excluding diaryl/α,β-unsaturated/α-hetero) is 1. The van der Waals surface area contributed by atoms with Crippen LogP contribution in [0, 0.1) is 0 Å². The van der Waals surface area contributed by atoms with Crippen LogP contribution in [0.2, 0.25) is 0 Å². The van der Waals surface area contributed by atoms with E-state index in [0.29, 0.717) is 5.56 Å². The van der Waals surface area contributed by atoms with Gasteiger partial charge in [0.1, 0.15) is 5.75 Å². The third-order valence-corrected chi connectivity index (χ3v) is 4.48. The van der Waals surface area contributed by atoms with Crippen molar-refractivity contribution < 1.29 is 13.8 Å². The molecule has 1 amide bonds. The maximum absolute atomic E-state index is 11.9. The lowest BCUT2D eigenvalue weighted by Gasteiger charge is -2.10. The Labute approximate surface area is 131 Å². The Balaban J connectivity index is 2.29. The summed E-state index contributed by atoms with van der Waals surface area (Å²) in [4.78, 5) is 22.2. The summed E-state index contributed by atoms with van der Waals surface area (Å²) < 4.78 is 11.9. The number of carbonyl (C=O) groups is 2. The molecule has 2 N–H and O–H groups in total. The summed E-state index contributed by atoms with van der Waals surface area (Å²) >= 11 is 0. The van der Waals surface area contributed by atoms with Gasteiger partial charge in [0.25, 0.3) is 0 Å². The van der Waals surface area contributed by atoms with Crippen LogP contribution in [-0.4, -0.2) is 21.7 Å². The van der Waals surface area contributed by atoms with Gasteiger partial charge in [-0.1, -0.05) is 48.5 Å². The highest BCUT2D eigenvalue weighted by atomic mass is 32.2. The van der Waals surface area contributed by atoms with Gasteiger partial charge in [-0.15, -0.1) is 0 Å². The van der Waals surface area contributed by atoms with Crippen LogP contribution >= 0.6 is 0 Å². The van der Waals surface area contributed by atoms with Gasteiger partial charge in [0.15, 0.2) is 5.78 Å². The zero-order valence-corrected chi connectivity index (χ0v) is 13.1. The standard InChI is InChI=1S/C17H17NO3S/c1-12(19)13-6-8-14(9-7-13)16-5-3-2-4-15(16)10-22(21)11-17(18)20/h2-9H,10-11H2,1H3,(H2,18,20)/t22-/m1/s1. The summed E-state index contributed by atoms with van der Waals surface area (Å²) in [6.45, 7) is 1.52. The van der Waals surface area contributed by atoms with Crippen molar-refractivity contribution in [3.63, 3.8) is 0 Å². The quantitative estimate of drug-likeness (QED) is 0.831. The molecule has 0 bridgehead atoms. The maximum atomic E-state index is 11.9. The molecule has 5 heteroatoms. The predicted octanol–water partition coefficient (Wildman–Crippen LogP) is 2.29. The van der Waals surface area contributed by atoms with Crippen LogP contribution < -0.4 is 5.73 Å². The fourth-order valence-corrected chi connectivity index (χ4v) is 3.21. The molecule has 0 aliphatic rings. The molecule has 1 atom stereocenters. The van der Waals surface area contributed by atoms with Crippen molar-refractivity contribution in [2.24, 2.45) is 5.73 Å². The molecule has 0 heterocycles. The van der Waals surface area contributed by atoms with E-state index in [9.17, 15) is 13.8 Å². The monoisotopic (exact) mass is 315 g/mol. The number of rotatable bonds is 6. The summed E-state index contributed by atoms with van der Waals surface area (Å²) in [6.07, 6.45) is 0. The molecule has 114 valence electrons. The number of hydrogen-bond acceptors (Lipinski definition) is 3. The van der Waals surface area contributed by atoms with Gasteiger partial charge in [-0.05, 0) is 23.6 Å². The van der Waals surface area contributed by atoms with E-state index in [2.05, 4.69) is 0 Å². The Morgan fingerprint density at radius 1 is 1.05 bits per heavy atom. The van der Waals surface area contributed by atoms with E-state index in [0.717, 1.165) is 16.7 Å². The van der Waals surface area contributed by atoms with E-state index in [1.54, 1.807) is 12.1 Å². The molecule has 2 rings (SSSR count). The minimum atomic E-state index is -1.33. The number of nitrogens with two attached hydrogens (primary N) is 1. The molecule has 0 saturated carbocycles. The molecule has 0 spiro atoms. The fourth-order valence-electron chi connectivity index (χ4n) is 2.20. The molecule has 22 heavy (non-hydrogen) atoms. The van der Waals surface area contributed by atoms with Crippen LogP contribution in [0.15, 0.2) is 48.5 Å². The normalized spacial score (nSPS) is 11.9. The fraction of sp³-hybridized carbons (Fsp3) is 0.176. The highest BCUT2D eigenvalue weighted by Crippen LogP contribution is 2.25. The van der Waals surface area contributed by atoms with Gasteiger partial charge in [0.05, 0.1) is 0 Å². The van der Waals surface area contributed by atoms with Gasteiger partial charge in [0.2, 0.25) is 5.91 Å². The third-order valence-electron chi connectivity index (χ3n) is 3.24. The van der Waals surface area contributed by atoms with Gasteiger partial charge in [0, 0.05) is 22.1 Å². The van der Waals surface area contributed by atoms with E-state index in [1.165, 1.54) is 6.92 Å². The molecule has 0 fully saturated rings. The topological polar surface area (TPSA) is 77.2 Å². The first-order valence-corrected chi connectivity index (χ1v) is 8.28. The molecule has 0 radical (unpaired) electrons. The van der Waals surface area contributed by atoms with E-state index >= 15 is 0 Å². The smallest absolute Gasteiger partial charge is 0.230 e. The van der Waals surface area contributed by atoms with Crippen LogP contribution in [0.3, 0.4) is 0 Å². The molecule has 0 aliphatic carbocycles. The van der Waals surface area contributed by atoms with Crippen LogP contribution in [0.5, 0.6) is 0 Å². The van der Waals surface area contributed by atoms with Crippen molar-refractivity contribution in [1.82, 2.24) is 0 Å². The Hall–Kier alpha value is -2.27. The first-order chi connectivity index (χ1) is 10.5. The second kappa shape index (κ2) is 7.13. The number of ketones is 1. The van der Waals surface area contributed by atoms with Gasteiger partial charge < -0.3 is 5.73 Å². The Kier molecular flexibility index (Phi) is 5.22. The van der Waals surface area contributed by atoms with E-state index in [1.807, 2.05) is 36.4 Å². The number of primary amides is 1. The average Bonchev–Trinajstić information content (AvgIpc) is 2.47. The lowest BCUT2D eigenvalue weighted by molar-refractivity contribution is -0.115.